The van der Waals surface area contributed by atoms with Gasteiger partial charge in [0.1, 0.15) is 0 Å². The van der Waals surface area contributed by atoms with Gasteiger partial charge < -0.3 is 4.90 Å². The first-order valence-electron chi connectivity index (χ1n) is 4.21. The van der Waals surface area contributed by atoms with E-state index in [-0.39, 0.29) is 0 Å². The van der Waals surface area contributed by atoms with Crippen LogP contribution >= 0.6 is 11.8 Å². The molecule has 1 aliphatic rings. The average Bonchev–Trinajstić information content (AvgIpc) is 2.17. The van der Waals surface area contributed by atoms with Crippen LogP contribution in [-0.2, 0) is 0 Å². The molecule has 0 saturated carbocycles. The highest BCUT2D eigenvalue weighted by Crippen LogP contribution is 2.12. The molecule has 2 nitrogen and oxygen atoms in total. The van der Waals surface area contributed by atoms with E-state index in [0.29, 0.717) is 0 Å². The van der Waals surface area contributed by atoms with Crippen molar-refractivity contribution in [3.63, 3.8) is 0 Å². The second-order valence-electron chi connectivity index (χ2n) is 2.59. The smallest absolute Gasteiger partial charge is 0.164 e. The van der Waals surface area contributed by atoms with Gasteiger partial charge in [-0.25, -0.2) is 4.99 Å². The SMILES string of the molecule is C=CCSC1=NC=CCN1CC=C. The molecule has 1 heterocycles. The van der Waals surface area contributed by atoms with E-state index >= 15 is 0 Å². The number of nitrogens with zero attached hydrogens (tertiary/aromatic N) is 2. The van der Waals surface area contributed by atoms with Crippen LogP contribution in [0.1, 0.15) is 0 Å². The van der Waals surface area contributed by atoms with Gasteiger partial charge in [-0.05, 0) is 6.08 Å². The maximum atomic E-state index is 4.30. The Morgan fingerprint density at radius 3 is 3.08 bits per heavy atom. The topological polar surface area (TPSA) is 15.6 Å². The first kappa shape index (κ1) is 10.1. The number of amidine groups is 1. The van der Waals surface area contributed by atoms with Crippen molar-refractivity contribution in [2.75, 3.05) is 18.8 Å². The third-order valence-electron chi connectivity index (χ3n) is 1.57. The lowest BCUT2D eigenvalue weighted by atomic mass is 10.4. The molecule has 0 spiro atoms. The molecule has 0 aromatic carbocycles. The van der Waals surface area contributed by atoms with Crippen LogP contribution in [0.4, 0.5) is 0 Å². The van der Waals surface area contributed by atoms with E-state index < -0.39 is 0 Å². The molecule has 3 heteroatoms. The Morgan fingerprint density at radius 2 is 2.38 bits per heavy atom. The summed E-state index contributed by atoms with van der Waals surface area (Å²) in [6.45, 7) is 9.18. The highest BCUT2D eigenvalue weighted by Gasteiger charge is 2.10. The Balaban J connectivity index is 2.53. The van der Waals surface area contributed by atoms with Gasteiger partial charge in [0.15, 0.2) is 5.17 Å². The van der Waals surface area contributed by atoms with E-state index in [0.717, 1.165) is 24.0 Å². The molecule has 0 fully saturated rings. The third-order valence-corrected chi connectivity index (χ3v) is 2.59. The summed E-state index contributed by atoms with van der Waals surface area (Å²) in [5, 5.41) is 1.06. The Hall–Kier alpha value is -0.960. The predicted molar refractivity (Wildman–Crippen MR) is 61.0 cm³/mol. The largest absolute Gasteiger partial charge is 0.344 e. The fraction of sp³-hybridized carbons (Fsp3) is 0.300. The monoisotopic (exact) mass is 194 g/mol. The zero-order valence-electron chi connectivity index (χ0n) is 7.65. The van der Waals surface area contributed by atoms with E-state index in [2.05, 4.69) is 23.1 Å². The molecule has 0 radical (unpaired) electrons. The zero-order valence-corrected chi connectivity index (χ0v) is 8.46. The van der Waals surface area contributed by atoms with E-state index in [4.69, 9.17) is 0 Å². The minimum absolute atomic E-state index is 0.854. The highest BCUT2D eigenvalue weighted by atomic mass is 32.2. The Kier molecular flexibility index (Phi) is 4.40. The van der Waals surface area contributed by atoms with E-state index in [1.807, 2.05) is 24.4 Å². The molecule has 0 unspecified atom stereocenters. The lowest BCUT2D eigenvalue weighted by molar-refractivity contribution is 0.517. The van der Waals surface area contributed by atoms with Crippen molar-refractivity contribution in [2.24, 2.45) is 4.99 Å². The van der Waals surface area contributed by atoms with Crippen molar-refractivity contribution < 1.29 is 0 Å². The lowest BCUT2D eigenvalue weighted by Gasteiger charge is -2.24. The van der Waals surface area contributed by atoms with Crippen molar-refractivity contribution in [1.82, 2.24) is 4.90 Å². The molecular weight excluding hydrogens is 180 g/mol. The predicted octanol–water partition coefficient (Wildman–Crippen LogP) is 2.28. The molecule has 0 atom stereocenters. The van der Waals surface area contributed by atoms with E-state index in [9.17, 15) is 0 Å². The molecule has 0 aliphatic carbocycles. The normalized spacial score (nSPS) is 15.4. The summed E-state index contributed by atoms with van der Waals surface area (Å²) in [6, 6.07) is 0. The van der Waals surface area contributed by atoms with Gasteiger partial charge in [0.05, 0.1) is 0 Å². The van der Waals surface area contributed by atoms with Crippen LogP contribution in [0.3, 0.4) is 0 Å². The molecule has 1 rings (SSSR count). The molecule has 0 aromatic rings. The van der Waals surface area contributed by atoms with Gasteiger partial charge in [0, 0.05) is 25.0 Å². The molecule has 70 valence electrons. The minimum Gasteiger partial charge on any atom is -0.344 e. The Morgan fingerprint density at radius 1 is 1.54 bits per heavy atom. The second-order valence-corrected chi connectivity index (χ2v) is 3.58. The van der Waals surface area contributed by atoms with Gasteiger partial charge >= 0.3 is 0 Å². The maximum Gasteiger partial charge on any atom is 0.164 e. The molecule has 13 heavy (non-hydrogen) atoms. The molecular formula is C10H14N2S. The molecule has 0 aromatic heterocycles. The number of aliphatic imine (C=N–C) groups is 1. The van der Waals surface area contributed by atoms with Crippen LogP contribution in [0.25, 0.3) is 0 Å². The van der Waals surface area contributed by atoms with Gasteiger partial charge in [0.2, 0.25) is 0 Å². The lowest BCUT2D eigenvalue weighted by Crippen LogP contribution is -2.30. The van der Waals surface area contributed by atoms with Crippen molar-refractivity contribution in [1.29, 1.82) is 0 Å². The van der Waals surface area contributed by atoms with Gasteiger partial charge in [-0.15, -0.1) is 13.2 Å². The van der Waals surface area contributed by atoms with Crippen LogP contribution in [0.15, 0.2) is 42.6 Å². The molecule has 0 saturated heterocycles. The summed E-state index contributed by atoms with van der Waals surface area (Å²) in [7, 11) is 0. The van der Waals surface area contributed by atoms with Crippen molar-refractivity contribution in [3.05, 3.63) is 37.6 Å². The first-order chi connectivity index (χ1) is 6.38. The average molecular weight is 194 g/mol. The Labute approximate surface area is 83.7 Å². The van der Waals surface area contributed by atoms with Crippen LogP contribution < -0.4 is 0 Å². The summed E-state index contributed by atoms with van der Waals surface area (Å²) in [5.41, 5.74) is 0. The van der Waals surface area contributed by atoms with Crippen LogP contribution in [0.2, 0.25) is 0 Å². The fourth-order valence-electron chi connectivity index (χ4n) is 1.02. The van der Waals surface area contributed by atoms with Crippen LogP contribution in [0.5, 0.6) is 0 Å². The molecule has 0 amide bonds. The zero-order chi connectivity index (χ0) is 9.52. The van der Waals surface area contributed by atoms with Gasteiger partial charge in [-0.2, -0.15) is 0 Å². The molecule has 0 N–H and O–H groups in total. The summed E-state index contributed by atoms with van der Waals surface area (Å²) < 4.78 is 0. The standard InChI is InChI=1S/C10H14N2S/c1-3-7-12-8-5-6-11-10(12)13-9-4-2/h3-6H,1-2,7-9H2. The maximum absolute atomic E-state index is 4.30. The highest BCUT2D eigenvalue weighted by molar-refractivity contribution is 8.13. The Bertz CT molecular complexity index is 241. The van der Waals surface area contributed by atoms with Gasteiger partial charge in [-0.1, -0.05) is 23.9 Å². The van der Waals surface area contributed by atoms with E-state index in [1.165, 1.54) is 0 Å². The summed E-state index contributed by atoms with van der Waals surface area (Å²) in [4.78, 5) is 6.48. The number of hydrogen-bond donors (Lipinski definition) is 0. The first-order valence-corrected chi connectivity index (χ1v) is 5.19. The quantitative estimate of drug-likeness (QED) is 0.638. The number of rotatable bonds is 4. The van der Waals surface area contributed by atoms with Crippen LogP contribution in [0, 0.1) is 0 Å². The fourth-order valence-corrected chi connectivity index (χ4v) is 1.76. The van der Waals surface area contributed by atoms with E-state index in [1.54, 1.807) is 11.8 Å². The van der Waals surface area contributed by atoms with Gasteiger partial charge in [0.25, 0.3) is 0 Å². The molecule has 1 aliphatic heterocycles. The number of thioether (sulfide) groups is 1. The minimum atomic E-state index is 0.854. The molecule has 0 bridgehead atoms. The van der Waals surface area contributed by atoms with Crippen molar-refractivity contribution in [2.45, 2.75) is 0 Å². The second kappa shape index (κ2) is 5.65. The summed E-state index contributed by atoms with van der Waals surface area (Å²) >= 11 is 1.70. The van der Waals surface area contributed by atoms with Crippen molar-refractivity contribution >= 4 is 16.9 Å². The summed E-state index contributed by atoms with van der Waals surface area (Å²) in [6.07, 6.45) is 7.67. The van der Waals surface area contributed by atoms with Gasteiger partial charge in [-0.3, -0.25) is 0 Å². The third kappa shape index (κ3) is 3.11. The number of hydrogen-bond acceptors (Lipinski definition) is 3. The summed E-state index contributed by atoms with van der Waals surface area (Å²) in [5.74, 6) is 0.903. The van der Waals surface area contributed by atoms with Crippen molar-refractivity contribution in [3.8, 4) is 0 Å². The van der Waals surface area contributed by atoms with Crippen LogP contribution in [-0.4, -0.2) is 28.9 Å².